The number of carbonyl (C=O) groups is 1. The number of aromatic nitrogens is 2. The minimum absolute atomic E-state index is 0.0511. The molecule has 0 unspecified atom stereocenters. The molecule has 110 valence electrons. The molecule has 1 fully saturated rings. The number of nitrogens with one attached hydrogen (secondary N) is 1. The maximum Gasteiger partial charge on any atom is 0.258 e. The Kier molecular flexibility index (Phi) is 4.03. The molecular formula is C13H12ClN3O4. The Morgan fingerprint density at radius 2 is 2.43 bits per heavy atom. The Labute approximate surface area is 125 Å². The third-order valence-corrected chi connectivity index (χ3v) is 3.19. The molecule has 0 saturated carbocycles. The van der Waals surface area contributed by atoms with Crippen molar-refractivity contribution in [3.63, 3.8) is 0 Å². The molecule has 8 heteroatoms. The first-order chi connectivity index (χ1) is 10.2. The van der Waals surface area contributed by atoms with E-state index in [0.29, 0.717) is 30.5 Å². The molecule has 1 N–H and O–H groups in total. The first-order valence-corrected chi connectivity index (χ1v) is 6.72. The third-order valence-electron chi connectivity index (χ3n) is 2.92. The zero-order valence-electron chi connectivity index (χ0n) is 10.9. The van der Waals surface area contributed by atoms with Gasteiger partial charge in [0.15, 0.2) is 5.82 Å². The molecule has 7 nitrogen and oxygen atoms in total. The summed E-state index contributed by atoms with van der Waals surface area (Å²) in [6, 6.07) is 3.03. The molecule has 1 amide bonds. The van der Waals surface area contributed by atoms with Crippen LogP contribution in [-0.4, -0.2) is 35.4 Å². The Morgan fingerprint density at radius 1 is 1.52 bits per heavy atom. The average Bonchev–Trinajstić information content (AvgIpc) is 3.14. The highest BCUT2D eigenvalue weighted by Gasteiger charge is 2.20. The average molecular weight is 310 g/mol. The highest BCUT2D eigenvalue weighted by molar-refractivity contribution is 6.32. The predicted octanol–water partition coefficient (Wildman–Crippen LogP) is 2.14. The van der Waals surface area contributed by atoms with Crippen molar-refractivity contribution in [2.45, 2.75) is 12.5 Å². The summed E-state index contributed by atoms with van der Waals surface area (Å²) in [7, 11) is 0. The standard InChI is InChI=1S/C13H12ClN3O4/c14-10-5-8(12(18)16-11-2-4-20-17-11)6-15-13(10)21-9-1-3-19-7-9/h2,4-6,9H,1,3,7H2,(H,16,17,18)/t9-/m0/s1. The molecule has 0 aromatic carbocycles. The van der Waals surface area contributed by atoms with E-state index in [1.807, 2.05) is 0 Å². The van der Waals surface area contributed by atoms with Gasteiger partial charge in [-0.2, -0.15) is 0 Å². The number of rotatable bonds is 4. The van der Waals surface area contributed by atoms with Gasteiger partial charge in [-0.15, -0.1) is 0 Å². The number of hydrogen-bond acceptors (Lipinski definition) is 6. The first-order valence-electron chi connectivity index (χ1n) is 6.34. The van der Waals surface area contributed by atoms with Crippen molar-refractivity contribution in [3.05, 3.63) is 35.2 Å². The molecule has 0 aliphatic carbocycles. The van der Waals surface area contributed by atoms with Crippen LogP contribution >= 0.6 is 11.6 Å². The van der Waals surface area contributed by atoms with E-state index in [9.17, 15) is 4.79 Å². The maximum atomic E-state index is 12.0. The fourth-order valence-electron chi connectivity index (χ4n) is 1.87. The molecule has 1 atom stereocenters. The zero-order valence-corrected chi connectivity index (χ0v) is 11.7. The topological polar surface area (TPSA) is 86.5 Å². The van der Waals surface area contributed by atoms with Crippen molar-refractivity contribution in [2.75, 3.05) is 18.5 Å². The lowest BCUT2D eigenvalue weighted by molar-refractivity contribution is 0.102. The number of halogens is 1. The number of carbonyl (C=O) groups excluding carboxylic acids is 1. The van der Waals surface area contributed by atoms with E-state index in [-0.39, 0.29) is 17.0 Å². The van der Waals surface area contributed by atoms with Crippen LogP contribution in [0.2, 0.25) is 5.02 Å². The lowest BCUT2D eigenvalue weighted by Crippen LogP contribution is -2.17. The molecule has 21 heavy (non-hydrogen) atoms. The van der Waals surface area contributed by atoms with Gasteiger partial charge in [-0.25, -0.2) is 4.98 Å². The Balaban J connectivity index is 1.69. The molecule has 0 radical (unpaired) electrons. The molecule has 0 bridgehead atoms. The zero-order chi connectivity index (χ0) is 14.7. The van der Waals surface area contributed by atoms with Crippen LogP contribution < -0.4 is 10.1 Å². The van der Waals surface area contributed by atoms with Crippen LogP contribution in [0.4, 0.5) is 5.82 Å². The summed E-state index contributed by atoms with van der Waals surface area (Å²) in [6.07, 6.45) is 3.50. The van der Waals surface area contributed by atoms with Crippen LogP contribution in [0.5, 0.6) is 5.88 Å². The van der Waals surface area contributed by atoms with Crippen molar-refractivity contribution >= 4 is 23.3 Å². The number of hydrogen-bond donors (Lipinski definition) is 1. The summed E-state index contributed by atoms with van der Waals surface area (Å²) >= 11 is 6.09. The summed E-state index contributed by atoms with van der Waals surface area (Å²) in [6.45, 7) is 1.19. The number of amides is 1. The van der Waals surface area contributed by atoms with Gasteiger partial charge in [0, 0.05) is 18.7 Å². The maximum absolute atomic E-state index is 12.0. The largest absolute Gasteiger partial charge is 0.471 e. The van der Waals surface area contributed by atoms with Gasteiger partial charge >= 0.3 is 0 Å². The number of nitrogens with zero attached hydrogens (tertiary/aromatic N) is 2. The van der Waals surface area contributed by atoms with Crippen molar-refractivity contribution in [3.8, 4) is 5.88 Å². The molecule has 1 aliphatic heterocycles. The smallest absolute Gasteiger partial charge is 0.258 e. The Bertz CT molecular complexity index is 626. The number of ether oxygens (including phenoxy) is 2. The van der Waals surface area contributed by atoms with Crippen LogP contribution in [0.1, 0.15) is 16.8 Å². The fraction of sp³-hybridized carbons (Fsp3) is 0.308. The molecular weight excluding hydrogens is 298 g/mol. The Morgan fingerprint density at radius 3 is 3.10 bits per heavy atom. The highest BCUT2D eigenvalue weighted by atomic mass is 35.5. The molecule has 2 aromatic rings. The molecule has 3 rings (SSSR count). The SMILES string of the molecule is O=C(Nc1ccon1)c1cnc(O[C@H]2CCOC2)c(Cl)c1. The van der Waals surface area contributed by atoms with Gasteiger partial charge in [-0.3, -0.25) is 4.79 Å². The monoisotopic (exact) mass is 309 g/mol. The lowest BCUT2D eigenvalue weighted by Gasteiger charge is -2.12. The van der Waals surface area contributed by atoms with Crippen molar-refractivity contribution in [1.29, 1.82) is 0 Å². The summed E-state index contributed by atoms with van der Waals surface area (Å²) in [5.41, 5.74) is 0.304. The second-order valence-electron chi connectivity index (χ2n) is 4.45. The van der Waals surface area contributed by atoms with E-state index in [2.05, 4.69) is 20.0 Å². The first kappa shape index (κ1) is 13.8. The van der Waals surface area contributed by atoms with E-state index >= 15 is 0 Å². The fourth-order valence-corrected chi connectivity index (χ4v) is 2.08. The van der Waals surface area contributed by atoms with Gasteiger partial charge in [-0.1, -0.05) is 16.8 Å². The minimum atomic E-state index is -0.381. The number of anilines is 1. The quantitative estimate of drug-likeness (QED) is 0.931. The van der Waals surface area contributed by atoms with E-state index in [1.165, 1.54) is 24.6 Å². The van der Waals surface area contributed by atoms with Crippen LogP contribution in [-0.2, 0) is 4.74 Å². The highest BCUT2D eigenvalue weighted by Crippen LogP contribution is 2.25. The summed E-state index contributed by atoms with van der Waals surface area (Å²) in [4.78, 5) is 16.0. The van der Waals surface area contributed by atoms with Crippen LogP contribution in [0.15, 0.2) is 29.1 Å². The summed E-state index contributed by atoms with van der Waals surface area (Å²) < 4.78 is 15.5. The Hall–Kier alpha value is -2.12. The van der Waals surface area contributed by atoms with E-state index in [1.54, 1.807) is 0 Å². The molecule has 2 aromatic heterocycles. The van der Waals surface area contributed by atoms with Gasteiger partial charge in [-0.05, 0) is 6.07 Å². The van der Waals surface area contributed by atoms with Crippen molar-refractivity contribution in [2.24, 2.45) is 0 Å². The van der Waals surface area contributed by atoms with Gasteiger partial charge in [0.05, 0.1) is 18.8 Å². The van der Waals surface area contributed by atoms with Gasteiger partial charge in [0.25, 0.3) is 5.91 Å². The van der Waals surface area contributed by atoms with E-state index < -0.39 is 0 Å². The molecule has 1 saturated heterocycles. The van der Waals surface area contributed by atoms with E-state index in [0.717, 1.165) is 6.42 Å². The second kappa shape index (κ2) is 6.11. The van der Waals surface area contributed by atoms with Crippen LogP contribution in [0, 0.1) is 0 Å². The lowest BCUT2D eigenvalue weighted by atomic mass is 10.2. The second-order valence-corrected chi connectivity index (χ2v) is 4.86. The summed E-state index contributed by atoms with van der Waals surface area (Å²) in [5, 5.41) is 6.42. The van der Waals surface area contributed by atoms with E-state index in [4.69, 9.17) is 21.1 Å². The van der Waals surface area contributed by atoms with Gasteiger partial charge in [0.1, 0.15) is 17.4 Å². The normalized spacial score (nSPS) is 17.7. The van der Waals surface area contributed by atoms with Crippen molar-refractivity contribution in [1.82, 2.24) is 10.1 Å². The van der Waals surface area contributed by atoms with Gasteiger partial charge in [0.2, 0.25) is 5.88 Å². The third kappa shape index (κ3) is 3.32. The molecule has 0 spiro atoms. The minimum Gasteiger partial charge on any atom is -0.471 e. The van der Waals surface area contributed by atoms with Crippen LogP contribution in [0.25, 0.3) is 0 Å². The summed E-state index contributed by atoms with van der Waals surface area (Å²) in [5.74, 6) is 0.235. The predicted molar refractivity (Wildman–Crippen MR) is 73.6 cm³/mol. The molecule has 1 aliphatic rings. The van der Waals surface area contributed by atoms with Gasteiger partial charge < -0.3 is 19.3 Å². The van der Waals surface area contributed by atoms with Crippen molar-refractivity contribution < 1.29 is 18.8 Å². The number of pyridine rings is 1. The van der Waals surface area contributed by atoms with Crippen LogP contribution in [0.3, 0.4) is 0 Å². The molecule has 3 heterocycles.